The van der Waals surface area contributed by atoms with Gasteiger partial charge in [0, 0.05) is 6.42 Å². The largest absolute Gasteiger partial charge is 0.505 e. The molecule has 28 heavy (non-hydrogen) atoms. The molecule has 1 heterocycles. The summed E-state index contributed by atoms with van der Waals surface area (Å²) < 4.78 is 15.1. The van der Waals surface area contributed by atoms with Crippen molar-refractivity contribution in [3.63, 3.8) is 0 Å². The number of carbonyl (C=O) groups excluding carboxylic acids is 2. The smallest absolute Gasteiger partial charge is 0.377 e. The first kappa shape index (κ1) is 21.6. The summed E-state index contributed by atoms with van der Waals surface area (Å²) in [5.41, 5.74) is 1.25. The normalized spacial score (nSPS) is 17.4. The van der Waals surface area contributed by atoms with E-state index in [0.29, 0.717) is 13.0 Å². The molecule has 8 heteroatoms. The summed E-state index contributed by atoms with van der Waals surface area (Å²) in [6.07, 6.45) is 0.463. The summed E-state index contributed by atoms with van der Waals surface area (Å²) in [6, 6.07) is 7.94. The van der Waals surface area contributed by atoms with Gasteiger partial charge in [0.25, 0.3) is 0 Å². The number of aryl methyl sites for hydroxylation is 1. The first-order chi connectivity index (χ1) is 13.4. The number of carbonyl (C=O) groups is 2. The summed E-state index contributed by atoms with van der Waals surface area (Å²) >= 11 is 0. The standard InChI is InChI=1S/C20H26O8/c1-2-13-7-9-14(10-8-13)26-11-5-3-4-6-16(22)27-12-15(21)19-17(23)18(24)20(25)28-19/h7-10,15,19,21,23-24H,2-6,11-12H2,1H3/t15-,19+/m0/s1. The second-order valence-corrected chi connectivity index (χ2v) is 6.47. The quantitative estimate of drug-likeness (QED) is 0.386. The van der Waals surface area contributed by atoms with Crippen molar-refractivity contribution in [3.8, 4) is 5.75 Å². The zero-order valence-corrected chi connectivity index (χ0v) is 15.8. The summed E-state index contributed by atoms with van der Waals surface area (Å²) in [4.78, 5) is 22.8. The maximum Gasteiger partial charge on any atom is 0.377 e. The van der Waals surface area contributed by atoms with Crippen LogP contribution in [0.15, 0.2) is 35.8 Å². The average Bonchev–Trinajstić information content (AvgIpc) is 2.96. The van der Waals surface area contributed by atoms with Crippen molar-refractivity contribution < 1.29 is 39.1 Å². The van der Waals surface area contributed by atoms with Gasteiger partial charge in [-0.1, -0.05) is 19.1 Å². The molecule has 0 spiro atoms. The molecule has 0 aromatic heterocycles. The lowest BCUT2D eigenvalue weighted by Crippen LogP contribution is -2.33. The van der Waals surface area contributed by atoms with E-state index in [2.05, 4.69) is 11.7 Å². The molecule has 154 valence electrons. The van der Waals surface area contributed by atoms with Gasteiger partial charge in [0.2, 0.25) is 5.76 Å². The van der Waals surface area contributed by atoms with Crippen LogP contribution < -0.4 is 4.74 Å². The molecule has 1 aromatic carbocycles. The summed E-state index contributed by atoms with van der Waals surface area (Å²) in [6.45, 7) is 2.20. The molecule has 0 saturated carbocycles. The maximum absolute atomic E-state index is 11.7. The molecule has 0 aliphatic carbocycles. The van der Waals surface area contributed by atoms with Crippen molar-refractivity contribution in [2.24, 2.45) is 0 Å². The predicted octanol–water partition coefficient (Wildman–Crippen LogP) is 2.35. The van der Waals surface area contributed by atoms with Gasteiger partial charge in [-0.3, -0.25) is 4.79 Å². The van der Waals surface area contributed by atoms with Crippen LogP contribution in [-0.4, -0.2) is 52.7 Å². The van der Waals surface area contributed by atoms with Crippen LogP contribution in [0.3, 0.4) is 0 Å². The van der Waals surface area contributed by atoms with Crippen LogP contribution in [0.1, 0.15) is 38.2 Å². The Bertz CT molecular complexity index is 695. The highest BCUT2D eigenvalue weighted by molar-refractivity contribution is 5.89. The number of hydrogen-bond donors (Lipinski definition) is 3. The van der Waals surface area contributed by atoms with Gasteiger partial charge in [-0.25, -0.2) is 4.79 Å². The molecule has 0 saturated heterocycles. The van der Waals surface area contributed by atoms with Crippen LogP contribution in [-0.2, 0) is 25.5 Å². The number of benzene rings is 1. The fourth-order valence-corrected chi connectivity index (χ4v) is 2.62. The second kappa shape index (κ2) is 10.6. The minimum atomic E-state index is -1.45. The number of esters is 2. The van der Waals surface area contributed by atoms with Gasteiger partial charge in [-0.15, -0.1) is 0 Å². The van der Waals surface area contributed by atoms with Crippen LogP contribution in [0.4, 0.5) is 0 Å². The molecule has 2 rings (SSSR count). The molecule has 3 N–H and O–H groups in total. The summed E-state index contributed by atoms with van der Waals surface area (Å²) in [5, 5.41) is 28.4. The van der Waals surface area contributed by atoms with Gasteiger partial charge in [0.15, 0.2) is 11.9 Å². The molecular formula is C20H26O8. The Kier molecular flexibility index (Phi) is 8.13. The van der Waals surface area contributed by atoms with E-state index in [4.69, 9.17) is 9.47 Å². The first-order valence-electron chi connectivity index (χ1n) is 9.30. The lowest BCUT2D eigenvalue weighted by molar-refractivity contribution is -0.154. The fourth-order valence-electron chi connectivity index (χ4n) is 2.62. The molecule has 0 unspecified atom stereocenters. The van der Waals surface area contributed by atoms with Crippen LogP contribution >= 0.6 is 0 Å². The Hall–Kier alpha value is -2.74. The number of cyclic esters (lactones) is 1. The number of ether oxygens (including phenoxy) is 3. The lowest BCUT2D eigenvalue weighted by atomic mass is 10.1. The Morgan fingerprint density at radius 2 is 1.89 bits per heavy atom. The van der Waals surface area contributed by atoms with Crippen molar-refractivity contribution in [2.75, 3.05) is 13.2 Å². The highest BCUT2D eigenvalue weighted by Crippen LogP contribution is 2.21. The molecule has 0 amide bonds. The number of rotatable bonds is 11. The van der Waals surface area contributed by atoms with Gasteiger partial charge in [0.05, 0.1) is 6.61 Å². The van der Waals surface area contributed by atoms with Crippen LogP contribution in [0, 0.1) is 0 Å². The molecule has 0 fully saturated rings. The molecule has 2 atom stereocenters. The van der Waals surface area contributed by atoms with E-state index in [1.54, 1.807) is 0 Å². The van der Waals surface area contributed by atoms with Crippen LogP contribution in [0.2, 0.25) is 0 Å². The minimum absolute atomic E-state index is 0.176. The number of unbranched alkanes of at least 4 members (excludes halogenated alkanes) is 2. The van der Waals surface area contributed by atoms with Crippen LogP contribution in [0.25, 0.3) is 0 Å². The third-order valence-electron chi connectivity index (χ3n) is 4.33. The van der Waals surface area contributed by atoms with E-state index in [0.717, 1.165) is 25.0 Å². The van der Waals surface area contributed by atoms with Gasteiger partial charge < -0.3 is 29.5 Å². The van der Waals surface area contributed by atoms with Gasteiger partial charge in [0.1, 0.15) is 18.5 Å². The maximum atomic E-state index is 11.7. The van der Waals surface area contributed by atoms with Crippen molar-refractivity contribution in [3.05, 3.63) is 41.3 Å². The van der Waals surface area contributed by atoms with Crippen molar-refractivity contribution in [1.82, 2.24) is 0 Å². The molecular weight excluding hydrogens is 368 g/mol. The molecule has 0 bridgehead atoms. The number of aliphatic hydroxyl groups excluding tert-OH is 3. The van der Waals surface area contributed by atoms with E-state index in [1.807, 2.05) is 24.3 Å². The van der Waals surface area contributed by atoms with E-state index >= 15 is 0 Å². The Labute approximate surface area is 163 Å². The average molecular weight is 394 g/mol. The fraction of sp³-hybridized carbons (Fsp3) is 0.500. The van der Waals surface area contributed by atoms with E-state index in [-0.39, 0.29) is 6.42 Å². The van der Waals surface area contributed by atoms with E-state index in [9.17, 15) is 24.9 Å². The molecule has 1 aromatic rings. The zero-order chi connectivity index (χ0) is 20.5. The van der Waals surface area contributed by atoms with Gasteiger partial charge in [-0.2, -0.15) is 0 Å². The number of hydrogen-bond acceptors (Lipinski definition) is 8. The van der Waals surface area contributed by atoms with Gasteiger partial charge >= 0.3 is 11.9 Å². The lowest BCUT2D eigenvalue weighted by Gasteiger charge is -2.17. The predicted molar refractivity (Wildman–Crippen MR) is 98.9 cm³/mol. The topological polar surface area (TPSA) is 123 Å². The Morgan fingerprint density at radius 3 is 2.50 bits per heavy atom. The highest BCUT2D eigenvalue weighted by atomic mass is 16.6. The highest BCUT2D eigenvalue weighted by Gasteiger charge is 2.39. The Balaban J connectivity index is 1.54. The van der Waals surface area contributed by atoms with Crippen molar-refractivity contribution in [1.29, 1.82) is 0 Å². The summed E-state index contributed by atoms with van der Waals surface area (Å²) in [5.74, 6) is -2.53. The summed E-state index contributed by atoms with van der Waals surface area (Å²) in [7, 11) is 0. The third-order valence-corrected chi connectivity index (χ3v) is 4.33. The monoisotopic (exact) mass is 394 g/mol. The molecule has 8 nitrogen and oxygen atoms in total. The minimum Gasteiger partial charge on any atom is -0.505 e. The van der Waals surface area contributed by atoms with Crippen LogP contribution in [0.5, 0.6) is 5.75 Å². The van der Waals surface area contributed by atoms with Crippen molar-refractivity contribution in [2.45, 2.75) is 51.2 Å². The number of aliphatic hydroxyl groups is 3. The van der Waals surface area contributed by atoms with E-state index in [1.165, 1.54) is 5.56 Å². The van der Waals surface area contributed by atoms with E-state index < -0.39 is 42.3 Å². The zero-order valence-electron chi connectivity index (χ0n) is 15.8. The SMILES string of the molecule is CCc1ccc(OCCCCCC(=O)OC[C@H](O)[C@H]2OC(=O)C(O)=C2O)cc1. The Morgan fingerprint density at radius 1 is 1.18 bits per heavy atom. The second-order valence-electron chi connectivity index (χ2n) is 6.47. The molecule has 1 aliphatic rings. The van der Waals surface area contributed by atoms with Crippen molar-refractivity contribution >= 4 is 11.9 Å². The first-order valence-corrected chi connectivity index (χ1v) is 9.30. The molecule has 0 radical (unpaired) electrons. The molecule has 1 aliphatic heterocycles. The van der Waals surface area contributed by atoms with Gasteiger partial charge in [-0.05, 0) is 43.4 Å². The third kappa shape index (κ3) is 6.16.